The lowest BCUT2D eigenvalue weighted by Gasteiger charge is -2.45. The third kappa shape index (κ3) is 3.38. The van der Waals surface area contributed by atoms with Gasteiger partial charge in [0.25, 0.3) is 0 Å². The molecular formula is C28H38Si. The third-order valence-electron chi connectivity index (χ3n) is 7.84. The summed E-state index contributed by atoms with van der Waals surface area (Å²) in [6.45, 7) is 21.2. The molecule has 2 atom stereocenters. The maximum atomic E-state index is 2.62. The van der Waals surface area contributed by atoms with Crippen LogP contribution < -0.4 is 10.4 Å². The highest BCUT2D eigenvalue weighted by Gasteiger charge is 2.52. The van der Waals surface area contributed by atoms with Crippen molar-refractivity contribution in [2.45, 2.75) is 79.8 Å². The molecule has 154 valence electrons. The first-order valence-corrected chi connectivity index (χ1v) is 13.7. The highest BCUT2D eigenvalue weighted by Crippen LogP contribution is 2.53. The van der Waals surface area contributed by atoms with Gasteiger partial charge in [0, 0.05) is 5.04 Å². The topological polar surface area (TPSA) is 0 Å². The molecule has 2 unspecified atom stereocenters. The lowest BCUT2D eigenvalue weighted by atomic mass is 10.0. The standard InChI is InChI=1S/C28H38Si/c1-10-24-15-25(11-2)17-26(16-24)29(9,27-13-12-19(3)14-20(27)4)28(8)18-21(5)22(6)23(28)7/h12-18H,10-11H2,1-9H3. The van der Waals surface area contributed by atoms with Crippen molar-refractivity contribution >= 4 is 18.4 Å². The summed E-state index contributed by atoms with van der Waals surface area (Å²) in [7, 11) is -2.14. The largest absolute Gasteiger partial charge is 0.128 e. The molecule has 3 rings (SSSR count). The molecule has 29 heavy (non-hydrogen) atoms. The van der Waals surface area contributed by atoms with Crippen molar-refractivity contribution in [2.75, 3.05) is 0 Å². The van der Waals surface area contributed by atoms with Gasteiger partial charge in [0.2, 0.25) is 0 Å². The van der Waals surface area contributed by atoms with Crippen LogP contribution in [0.5, 0.6) is 0 Å². The Bertz CT molecular complexity index is 985. The molecule has 0 amide bonds. The molecular weight excluding hydrogens is 364 g/mol. The van der Waals surface area contributed by atoms with E-state index in [1.807, 2.05) is 0 Å². The molecule has 0 aliphatic heterocycles. The number of hydrogen-bond acceptors (Lipinski definition) is 0. The first kappa shape index (κ1) is 21.8. The Morgan fingerprint density at radius 1 is 0.828 bits per heavy atom. The minimum atomic E-state index is -2.14. The summed E-state index contributed by atoms with van der Waals surface area (Å²) in [6, 6.07) is 14.6. The van der Waals surface area contributed by atoms with E-state index >= 15 is 0 Å². The van der Waals surface area contributed by atoms with Crippen molar-refractivity contribution in [3.8, 4) is 0 Å². The average Bonchev–Trinajstić information content (AvgIpc) is 2.90. The van der Waals surface area contributed by atoms with Gasteiger partial charge in [-0.2, -0.15) is 0 Å². The van der Waals surface area contributed by atoms with Crippen LogP contribution in [0, 0.1) is 13.8 Å². The summed E-state index contributed by atoms with van der Waals surface area (Å²) in [4.78, 5) is 0. The Kier molecular flexibility index (Phi) is 5.84. The van der Waals surface area contributed by atoms with Crippen LogP contribution in [0.3, 0.4) is 0 Å². The molecule has 0 saturated carbocycles. The Morgan fingerprint density at radius 2 is 1.41 bits per heavy atom. The van der Waals surface area contributed by atoms with E-state index in [0.717, 1.165) is 12.8 Å². The maximum absolute atomic E-state index is 2.62. The van der Waals surface area contributed by atoms with Crippen LogP contribution in [-0.2, 0) is 12.8 Å². The first-order chi connectivity index (χ1) is 13.6. The van der Waals surface area contributed by atoms with Crippen molar-refractivity contribution in [2.24, 2.45) is 0 Å². The fraction of sp³-hybridized carbons (Fsp3) is 0.429. The predicted octanol–water partition coefficient (Wildman–Crippen LogP) is 6.68. The van der Waals surface area contributed by atoms with E-state index in [1.165, 1.54) is 33.4 Å². The summed E-state index contributed by atoms with van der Waals surface area (Å²) in [5, 5.41) is 3.25. The molecule has 1 aliphatic carbocycles. The predicted molar refractivity (Wildman–Crippen MR) is 132 cm³/mol. The van der Waals surface area contributed by atoms with E-state index in [2.05, 4.69) is 104 Å². The minimum absolute atomic E-state index is 0.0819. The molecule has 1 aliphatic rings. The summed E-state index contributed by atoms with van der Waals surface area (Å²) in [5.74, 6) is 0. The maximum Gasteiger partial charge on any atom is 0.128 e. The van der Waals surface area contributed by atoms with Crippen molar-refractivity contribution in [3.63, 3.8) is 0 Å². The second-order valence-corrected chi connectivity index (χ2v) is 13.9. The van der Waals surface area contributed by atoms with Gasteiger partial charge in [-0.15, -0.1) is 0 Å². The lowest BCUT2D eigenvalue weighted by Crippen LogP contribution is -2.64. The zero-order chi connectivity index (χ0) is 21.6. The molecule has 0 nitrogen and oxygen atoms in total. The van der Waals surface area contributed by atoms with Gasteiger partial charge < -0.3 is 0 Å². The van der Waals surface area contributed by atoms with Gasteiger partial charge in [-0.05, 0) is 64.2 Å². The Balaban J connectivity index is 2.41. The summed E-state index contributed by atoms with van der Waals surface area (Å²) < 4.78 is 0. The molecule has 0 spiro atoms. The van der Waals surface area contributed by atoms with E-state index in [0.29, 0.717) is 0 Å². The number of benzene rings is 2. The van der Waals surface area contributed by atoms with Crippen molar-refractivity contribution in [3.05, 3.63) is 81.4 Å². The van der Waals surface area contributed by atoms with Gasteiger partial charge in [0.1, 0.15) is 8.07 Å². The van der Waals surface area contributed by atoms with Crippen LogP contribution >= 0.6 is 0 Å². The normalized spacial score (nSPS) is 21.3. The van der Waals surface area contributed by atoms with Crippen LogP contribution in [0.15, 0.2) is 59.2 Å². The van der Waals surface area contributed by atoms with Crippen molar-refractivity contribution in [1.29, 1.82) is 0 Å². The highest BCUT2D eigenvalue weighted by molar-refractivity contribution is 7.04. The minimum Gasteiger partial charge on any atom is -0.0733 e. The second-order valence-electron chi connectivity index (χ2n) is 9.47. The van der Waals surface area contributed by atoms with E-state index < -0.39 is 8.07 Å². The smallest absolute Gasteiger partial charge is 0.0733 e. The van der Waals surface area contributed by atoms with E-state index in [-0.39, 0.29) is 5.04 Å². The van der Waals surface area contributed by atoms with E-state index in [9.17, 15) is 0 Å². The van der Waals surface area contributed by atoms with Gasteiger partial charge in [0.05, 0.1) is 0 Å². The van der Waals surface area contributed by atoms with Gasteiger partial charge in [-0.3, -0.25) is 0 Å². The molecule has 0 bridgehead atoms. The number of hydrogen-bond donors (Lipinski definition) is 0. The van der Waals surface area contributed by atoms with Crippen LogP contribution in [0.1, 0.15) is 63.8 Å². The Hall–Kier alpha value is -1.86. The summed E-state index contributed by atoms with van der Waals surface area (Å²) >= 11 is 0. The number of aryl methyl sites for hydroxylation is 4. The van der Waals surface area contributed by atoms with Crippen molar-refractivity contribution < 1.29 is 0 Å². The van der Waals surface area contributed by atoms with Crippen LogP contribution in [0.25, 0.3) is 0 Å². The van der Waals surface area contributed by atoms with Gasteiger partial charge in [0.15, 0.2) is 0 Å². The molecule has 0 aromatic heterocycles. The molecule has 0 saturated heterocycles. The fourth-order valence-corrected chi connectivity index (χ4v) is 10.6. The Morgan fingerprint density at radius 3 is 1.86 bits per heavy atom. The van der Waals surface area contributed by atoms with Crippen molar-refractivity contribution in [1.82, 2.24) is 0 Å². The highest BCUT2D eigenvalue weighted by atomic mass is 28.3. The monoisotopic (exact) mass is 402 g/mol. The zero-order valence-electron chi connectivity index (χ0n) is 20.0. The average molecular weight is 403 g/mol. The fourth-order valence-electron chi connectivity index (χ4n) is 5.42. The third-order valence-corrected chi connectivity index (χ3v) is 13.5. The molecule has 2 aromatic rings. The lowest BCUT2D eigenvalue weighted by molar-refractivity contribution is 0.864. The summed E-state index contributed by atoms with van der Waals surface area (Å²) in [6.07, 6.45) is 4.78. The summed E-state index contributed by atoms with van der Waals surface area (Å²) in [5.41, 5.74) is 10.2. The van der Waals surface area contributed by atoms with Crippen LogP contribution in [0.4, 0.5) is 0 Å². The van der Waals surface area contributed by atoms with Crippen LogP contribution in [0.2, 0.25) is 11.6 Å². The molecule has 0 fully saturated rings. The Labute approximate surface area is 179 Å². The number of rotatable bonds is 5. The first-order valence-electron chi connectivity index (χ1n) is 11.2. The van der Waals surface area contributed by atoms with Gasteiger partial charge in [-0.1, -0.05) is 102 Å². The van der Waals surface area contributed by atoms with E-state index in [1.54, 1.807) is 15.9 Å². The molecule has 0 radical (unpaired) electrons. The van der Waals surface area contributed by atoms with Gasteiger partial charge >= 0.3 is 0 Å². The molecule has 0 N–H and O–H groups in total. The zero-order valence-corrected chi connectivity index (χ0v) is 21.0. The van der Waals surface area contributed by atoms with E-state index in [4.69, 9.17) is 0 Å². The SMILES string of the molecule is CCc1cc(CC)cc([Si](C)(c2ccc(C)cc2C)C2(C)C=C(C)C(C)=C2C)c1. The quantitative estimate of drug-likeness (QED) is 0.489. The molecule has 1 heteroatoms. The number of allylic oxidation sites excluding steroid dienone is 4. The molecule has 0 heterocycles. The second kappa shape index (κ2) is 7.76. The van der Waals surface area contributed by atoms with Gasteiger partial charge in [-0.25, -0.2) is 0 Å². The van der Waals surface area contributed by atoms with Crippen LogP contribution in [-0.4, -0.2) is 8.07 Å². The molecule has 2 aromatic carbocycles.